The fourth-order valence-electron chi connectivity index (χ4n) is 5.82. The Balaban J connectivity index is 1.51. The van der Waals surface area contributed by atoms with Crippen LogP contribution in [0.3, 0.4) is 0 Å². The second kappa shape index (κ2) is 15.4. The van der Waals surface area contributed by atoms with Gasteiger partial charge in [-0.1, -0.05) is 66.5 Å². The standard InChI is InChI=1S/C34H37Cl2N3O7S2/c1-2-17-37-29-23-27(35)28(36)24-30(29)38(18-6-8-20-47(40,41)42)33(37)13-10-14-34-39(19-7-9-21-48(43,44)45)31-22-26(15-16-32(31)46-34)25-11-4-3-5-12-25/h3-5,10-16,22-24H,2,6-9,17-21H2,1H3,(H-,40,41,42,43,44,45)/p+1. The Hall–Kier alpha value is -3.39. The van der Waals surface area contributed by atoms with Crippen molar-refractivity contribution in [1.29, 1.82) is 0 Å². The molecule has 256 valence electrons. The van der Waals surface area contributed by atoms with E-state index in [9.17, 15) is 25.9 Å². The molecule has 0 atom stereocenters. The molecule has 0 saturated carbocycles. The van der Waals surface area contributed by atoms with Crippen LogP contribution in [-0.4, -0.2) is 50.5 Å². The lowest BCUT2D eigenvalue weighted by Crippen LogP contribution is -2.35. The maximum atomic E-state index is 11.3. The molecular weight excluding hydrogens is 697 g/mol. The molecule has 0 unspecified atom stereocenters. The molecule has 0 saturated heterocycles. The normalized spacial score (nSPS) is 14.6. The molecule has 5 rings (SSSR count). The van der Waals surface area contributed by atoms with E-state index in [1.165, 1.54) is 0 Å². The van der Waals surface area contributed by atoms with Crippen molar-refractivity contribution in [2.45, 2.75) is 45.6 Å². The van der Waals surface area contributed by atoms with E-state index in [0.717, 1.165) is 40.3 Å². The summed E-state index contributed by atoms with van der Waals surface area (Å²) >= 11 is 12.9. The summed E-state index contributed by atoms with van der Waals surface area (Å²) in [7, 11) is -8.13. The molecule has 3 aromatic carbocycles. The fourth-order valence-corrected chi connectivity index (χ4v) is 7.27. The van der Waals surface area contributed by atoms with Crippen molar-refractivity contribution < 1.29 is 34.9 Å². The lowest BCUT2D eigenvalue weighted by molar-refractivity contribution is -0.678. The summed E-state index contributed by atoms with van der Waals surface area (Å²) in [5.41, 5.74) is 5.30. The smallest absolute Gasteiger partial charge is 0.374 e. The first-order chi connectivity index (χ1) is 22.8. The topological polar surface area (TPSA) is 132 Å². The highest BCUT2D eigenvalue weighted by atomic mass is 35.5. The molecule has 0 spiro atoms. The van der Waals surface area contributed by atoms with E-state index in [0.29, 0.717) is 54.0 Å². The van der Waals surface area contributed by atoms with Crippen LogP contribution in [0.2, 0.25) is 10.0 Å². The first-order valence-electron chi connectivity index (χ1n) is 15.7. The summed E-state index contributed by atoms with van der Waals surface area (Å²) in [6.45, 7) is 3.69. The average Bonchev–Trinajstić information content (AvgIpc) is 3.51. The molecule has 1 aliphatic rings. The van der Waals surface area contributed by atoms with E-state index in [2.05, 4.69) is 16.7 Å². The van der Waals surface area contributed by atoms with E-state index in [4.69, 9.17) is 27.6 Å². The van der Waals surface area contributed by atoms with Gasteiger partial charge in [0.05, 0.1) is 39.0 Å². The monoisotopic (exact) mass is 734 g/mol. The van der Waals surface area contributed by atoms with Crippen LogP contribution in [0.25, 0.3) is 28.3 Å². The predicted molar refractivity (Wildman–Crippen MR) is 192 cm³/mol. The number of benzene rings is 3. The number of unbranched alkanes of at least 4 members (excludes halogenated alkanes) is 2. The third-order valence-electron chi connectivity index (χ3n) is 7.99. The van der Waals surface area contributed by atoms with Crippen molar-refractivity contribution >= 4 is 72.0 Å². The summed E-state index contributed by atoms with van der Waals surface area (Å²) < 4.78 is 72.1. The van der Waals surface area contributed by atoms with Crippen LogP contribution in [-0.2, 0) is 26.8 Å². The molecule has 1 aliphatic heterocycles. The Morgan fingerprint density at radius 1 is 0.792 bits per heavy atom. The third kappa shape index (κ3) is 8.99. The van der Waals surface area contributed by atoms with Crippen molar-refractivity contribution in [2.24, 2.45) is 0 Å². The number of oxazole rings is 1. The van der Waals surface area contributed by atoms with Gasteiger partial charge in [0.2, 0.25) is 5.58 Å². The van der Waals surface area contributed by atoms with Crippen LogP contribution in [0.5, 0.6) is 0 Å². The van der Waals surface area contributed by atoms with Crippen LogP contribution in [0.15, 0.2) is 83.1 Å². The van der Waals surface area contributed by atoms with Crippen molar-refractivity contribution in [3.63, 3.8) is 0 Å². The summed E-state index contributed by atoms with van der Waals surface area (Å²) in [5, 5.41) is 0.825. The number of aryl methyl sites for hydroxylation is 1. The Labute approximate surface area is 291 Å². The predicted octanol–water partition coefficient (Wildman–Crippen LogP) is 7.62. The number of nitrogens with zero attached hydrogens (tertiary/aromatic N) is 3. The molecule has 0 radical (unpaired) electrons. The number of halogens is 2. The Kier molecular flexibility index (Phi) is 11.5. The minimum Gasteiger partial charge on any atom is -0.398 e. The lowest BCUT2D eigenvalue weighted by atomic mass is 10.1. The Bertz CT molecular complexity index is 2050. The highest BCUT2D eigenvalue weighted by molar-refractivity contribution is 7.86. The van der Waals surface area contributed by atoms with Gasteiger partial charge in [-0.05, 0) is 67.2 Å². The zero-order chi connectivity index (χ0) is 34.5. The van der Waals surface area contributed by atoms with Gasteiger partial charge in [0.1, 0.15) is 5.82 Å². The summed E-state index contributed by atoms with van der Waals surface area (Å²) in [4.78, 5) is 4.20. The number of hydrogen-bond donors (Lipinski definition) is 2. The molecule has 0 bridgehead atoms. The van der Waals surface area contributed by atoms with Crippen LogP contribution in [0, 0.1) is 0 Å². The molecule has 10 nitrogen and oxygen atoms in total. The zero-order valence-corrected chi connectivity index (χ0v) is 29.6. The van der Waals surface area contributed by atoms with Gasteiger partial charge in [0.15, 0.2) is 6.54 Å². The van der Waals surface area contributed by atoms with E-state index in [-0.39, 0.29) is 24.3 Å². The summed E-state index contributed by atoms with van der Waals surface area (Å²) in [6, 6.07) is 19.6. The van der Waals surface area contributed by atoms with Crippen molar-refractivity contribution in [1.82, 2.24) is 0 Å². The van der Waals surface area contributed by atoms with Gasteiger partial charge in [-0.3, -0.25) is 9.11 Å². The summed E-state index contributed by atoms with van der Waals surface area (Å²) in [5.74, 6) is 0.755. The Morgan fingerprint density at radius 2 is 1.42 bits per heavy atom. The number of fused-ring (bicyclic) bond motifs is 2. The third-order valence-corrected chi connectivity index (χ3v) is 10.3. The lowest BCUT2D eigenvalue weighted by Gasteiger charge is -2.25. The van der Waals surface area contributed by atoms with E-state index in [1.807, 2.05) is 77.4 Å². The largest absolute Gasteiger partial charge is 0.398 e. The van der Waals surface area contributed by atoms with Crippen LogP contribution in [0.4, 0.5) is 11.4 Å². The quantitative estimate of drug-likeness (QED) is 0.0719. The molecule has 2 N–H and O–H groups in total. The van der Waals surface area contributed by atoms with Crippen LogP contribution in [0.1, 0.15) is 44.9 Å². The van der Waals surface area contributed by atoms with Gasteiger partial charge in [-0.2, -0.15) is 21.4 Å². The minimum atomic E-state index is -4.07. The van der Waals surface area contributed by atoms with Crippen LogP contribution < -0.4 is 14.4 Å². The second-order valence-electron chi connectivity index (χ2n) is 11.6. The Morgan fingerprint density at radius 3 is 2.04 bits per heavy atom. The average molecular weight is 736 g/mol. The second-order valence-corrected chi connectivity index (χ2v) is 15.5. The fraction of sp³-hybridized carbons (Fsp3) is 0.324. The molecule has 0 aliphatic carbocycles. The molecule has 14 heteroatoms. The van der Waals surface area contributed by atoms with Gasteiger partial charge in [0.25, 0.3) is 25.8 Å². The highest BCUT2D eigenvalue weighted by Crippen LogP contribution is 2.46. The number of hydrogen-bond acceptors (Lipinski definition) is 7. The number of aromatic nitrogens is 1. The van der Waals surface area contributed by atoms with Crippen molar-refractivity contribution in [3.8, 4) is 11.1 Å². The van der Waals surface area contributed by atoms with Gasteiger partial charge in [0, 0.05) is 25.6 Å². The number of allylic oxidation sites excluding steroid dienone is 2. The number of rotatable bonds is 15. The molecule has 4 aromatic rings. The highest BCUT2D eigenvalue weighted by Gasteiger charge is 2.31. The first kappa shape index (κ1) is 35.9. The molecule has 2 heterocycles. The van der Waals surface area contributed by atoms with Crippen molar-refractivity contribution in [2.75, 3.05) is 34.4 Å². The SMILES string of the molecule is CCCN1C(=CC=Cc2oc3ccc(-c4ccccc4)cc3[n+]2CCCCS(=O)(=O)O)N(CCCCS(=O)(=O)O)c2cc(Cl)c(Cl)cc21. The van der Waals surface area contributed by atoms with Gasteiger partial charge < -0.3 is 14.2 Å². The number of anilines is 2. The van der Waals surface area contributed by atoms with E-state index < -0.39 is 20.2 Å². The van der Waals surface area contributed by atoms with Crippen LogP contribution >= 0.6 is 23.2 Å². The first-order valence-corrected chi connectivity index (χ1v) is 19.7. The zero-order valence-electron chi connectivity index (χ0n) is 26.4. The van der Waals surface area contributed by atoms with Crippen molar-refractivity contribution in [3.05, 3.63) is 94.6 Å². The van der Waals surface area contributed by atoms with Gasteiger partial charge in [-0.15, -0.1) is 0 Å². The summed E-state index contributed by atoms with van der Waals surface area (Å²) in [6.07, 6.45) is 8.08. The maximum Gasteiger partial charge on any atom is 0.374 e. The van der Waals surface area contributed by atoms with Gasteiger partial charge in [-0.25, -0.2) is 0 Å². The molecule has 0 fully saturated rings. The molecular formula is C34H38Cl2N3O7S2+. The van der Waals surface area contributed by atoms with E-state index in [1.54, 1.807) is 6.07 Å². The van der Waals surface area contributed by atoms with E-state index >= 15 is 0 Å². The molecule has 48 heavy (non-hydrogen) atoms. The van der Waals surface area contributed by atoms with Gasteiger partial charge >= 0.3 is 5.89 Å². The molecule has 1 aromatic heterocycles. The maximum absolute atomic E-state index is 11.3. The molecule has 0 amide bonds. The minimum absolute atomic E-state index is 0.282.